The molecule has 0 radical (unpaired) electrons. The Morgan fingerprint density at radius 2 is 1.79 bits per heavy atom. The van der Waals surface area contributed by atoms with Gasteiger partial charge in [-0.15, -0.1) is 0 Å². The van der Waals surface area contributed by atoms with E-state index >= 15 is 0 Å². The van der Waals surface area contributed by atoms with Crippen LogP contribution >= 0.6 is 0 Å². The van der Waals surface area contributed by atoms with Crippen molar-refractivity contribution in [3.8, 4) is 0 Å². The van der Waals surface area contributed by atoms with E-state index in [1.807, 2.05) is 41.7 Å². The molecule has 0 atom stereocenters. The minimum Gasteiger partial charge on any atom is -0.340 e. The summed E-state index contributed by atoms with van der Waals surface area (Å²) in [5.74, 6) is 0.101. The summed E-state index contributed by atoms with van der Waals surface area (Å²) in [6, 6.07) is 0.276. The summed E-state index contributed by atoms with van der Waals surface area (Å²) < 4.78 is 0. The van der Waals surface area contributed by atoms with Gasteiger partial charge in [-0.05, 0) is 27.2 Å². The van der Waals surface area contributed by atoms with Crippen LogP contribution in [0.3, 0.4) is 0 Å². The van der Waals surface area contributed by atoms with Gasteiger partial charge in [0.05, 0.1) is 0 Å². The molecule has 0 spiro atoms. The normalized spacial score (nSPS) is 10.7. The molecule has 0 heterocycles. The monoisotopic (exact) mass is 199 g/mol. The number of nitrogens with zero attached hydrogens (tertiary/aromatic N) is 1. The summed E-state index contributed by atoms with van der Waals surface area (Å²) in [6.07, 6.45) is 2.65. The zero-order valence-electron chi connectivity index (χ0n) is 10.7. The van der Waals surface area contributed by atoms with Gasteiger partial charge in [0.2, 0.25) is 5.91 Å². The van der Waals surface area contributed by atoms with Crippen molar-refractivity contribution in [2.45, 2.75) is 54.0 Å². The smallest absolute Gasteiger partial charge is 0.246 e. The molecule has 0 saturated heterocycles. The maximum Gasteiger partial charge on any atom is 0.246 e. The third kappa shape index (κ3) is 6.70. The number of hydrogen-bond donors (Lipinski definition) is 0. The van der Waals surface area contributed by atoms with Crippen LogP contribution in [-0.4, -0.2) is 23.9 Å². The Bertz CT molecular complexity index is 183. The number of allylic oxidation sites excluding steroid dienone is 1. The fourth-order valence-corrected chi connectivity index (χ4v) is 0.669. The first kappa shape index (κ1) is 15.7. The van der Waals surface area contributed by atoms with E-state index in [1.54, 1.807) is 11.0 Å². The first-order chi connectivity index (χ1) is 6.49. The lowest BCUT2D eigenvalue weighted by molar-refractivity contribution is -0.126. The van der Waals surface area contributed by atoms with Gasteiger partial charge in [-0.2, -0.15) is 0 Å². The van der Waals surface area contributed by atoms with Crippen LogP contribution in [0.4, 0.5) is 0 Å². The van der Waals surface area contributed by atoms with E-state index in [0.717, 1.165) is 12.0 Å². The van der Waals surface area contributed by atoms with Gasteiger partial charge in [0.25, 0.3) is 0 Å². The lowest BCUT2D eigenvalue weighted by atomic mass is 10.2. The number of amides is 1. The van der Waals surface area contributed by atoms with Crippen LogP contribution in [0.1, 0.15) is 48.0 Å². The minimum absolute atomic E-state index is 0.101. The van der Waals surface area contributed by atoms with Gasteiger partial charge < -0.3 is 4.90 Å². The molecular formula is C12H25NO. The third-order valence-corrected chi connectivity index (χ3v) is 2.05. The average molecular weight is 199 g/mol. The first-order valence-corrected chi connectivity index (χ1v) is 5.43. The van der Waals surface area contributed by atoms with Crippen LogP contribution in [-0.2, 0) is 4.79 Å². The first-order valence-electron chi connectivity index (χ1n) is 5.43. The van der Waals surface area contributed by atoms with Crippen LogP contribution in [0.15, 0.2) is 11.6 Å². The van der Waals surface area contributed by atoms with E-state index in [4.69, 9.17) is 0 Å². The number of likely N-dealkylation sites (N-methyl/N-ethyl adjacent to an activating group) is 1. The highest BCUT2D eigenvalue weighted by Gasteiger charge is 2.08. The van der Waals surface area contributed by atoms with Crippen molar-refractivity contribution in [1.82, 2.24) is 4.90 Å². The van der Waals surface area contributed by atoms with E-state index in [9.17, 15) is 4.79 Å². The van der Waals surface area contributed by atoms with Gasteiger partial charge in [-0.25, -0.2) is 0 Å². The molecule has 0 aliphatic rings. The van der Waals surface area contributed by atoms with Crippen molar-refractivity contribution in [1.29, 1.82) is 0 Å². The summed E-state index contributed by atoms with van der Waals surface area (Å²) in [5.41, 5.74) is 1.13. The van der Waals surface area contributed by atoms with Crippen LogP contribution < -0.4 is 0 Å². The van der Waals surface area contributed by atoms with Crippen molar-refractivity contribution in [3.05, 3.63) is 11.6 Å². The molecule has 1 amide bonds. The Morgan fingerprint density at radius 3 is 2.07 bits per heavy atom. The lowest BCUT2D eigenvalue weighted by Gasteiger charge is -2.19. The van der Waals surface area contributed by atoms with Crippen LogP contribution in [0.25, 0.3) is 0 Å². The summed E-state index contributed by atoms with van der Waals surface area (Å²) in [7, 11) is 1.83. The van der Waals surface area contributed by atoms with E-state index in [-0.39, 0.29) is 11.9 Å². The summed E-state index contributed by atoms with van der Waals surface area (Å²) in [5, 5.41) is 0. The van der Waals surface area contributed by atoms with Crippen molar-refractivity contribution >= 4 is 5.91 Å². The van der Waals surface area contributed by atoms with E-state index in [2.05, 4.69) is 6.92 Å². The van der Waals surface area contributed by atoms with Crippen molar-refractivity contribution < 1.29 is 4.79 Å². The minimum atomic E-state index is 0.101. The maximum absolute atomic E-state index is 11.4. The van der Waals surface area contributed by atoms with Gasteiger partial charge in [-0.3, -0.25) is 4.79 Å². The van der Waals surface area contributed by atoms with Crippen molar-refractivity contribution in [3.63, 3.8) is 0 Å². The summed E-state index contributed by atoms with van der Waals surface area (Å²) >= 11 is 0. The summed E-state index contributed by atoms with van der Waals surface area (Å²) in [4.78, 5) is 13.1. The molecular weight excluding hydrogens is 174 g/mol. The van der Waals surface area contributed by atoms with E-state index in [1.165, 1.54) is 0 Å². The second kappa shape index (κ2) is 8.79. The van der Waals surface area contributed by atoms with Gasteiger partial charge in [-0.1, -0.05) is 26.3 Å². The largest absolute Gasteiger partial charge is 0.340 e. The molecule has 0 unspecified atom stereocenters. The highest BCUT2D eigenvalue weighted by atomic mass is 16.2. The SMILES string of the molecule is CC.CC/C(C)=C\C(=O)N(C)C(C)C. The van der Waals surface area contributed by atoms with Gasteiger partial charge in [0.15, 0.2) is 0 Å². The molecule has 2 nitrogen and oxygen atoms in total. The average Bonchev–Trinajstić information content (AvgIpc) is 2.19. The van der Waals surface area contributed by atoms with Crippen LogP contribution in [0.2, 0.25) is 0 Å². The molecule has 0 fully saturated rings. The van der Waals surface area contributed by atoms with Crippen LogP contribution in [0.5, 0.6) is 0 Å². The maximum atomic E-state index is 11.4. The fraction of sp³-hybridized carbons (Fsp3) is 0.750. The van der Waals surface area contributed by atoms with Crippen LogP contribution in [0, 0.1) is 0 Å². The molecule has 2 heteroatoms. The molecule has 0 aromatic rings. The Hall–Kier alpha value is -0.790. The molecule has 0 rings (SSSR count). The van der Waals surface area contributed by atoms with Crippen molar-refractivity contribution in [2.24, 2.45) is 0 Å². The third-order valence-electron chi connectivity index (χ3n) is 2.05. The van der Waals surface area contributed by atoms with E-state index < -0.39 is 0 Å². The zero-order valence-corrected chi connectivity index (χ0v) is 10.7. The number of hydrogen-bond acceptors (Lipinski definition) is 1. The molecule has 0 aliphatic carbocycles. The van der Waals surface area contributed by atoms with Gasteiger partial charge >= 0.3 is 0 Å². The molecule has 84 valence electrons. The fourth-order valence-electron chi connectivity index (χ4n) is 0.669. The molecule has 0 aliphatic heterocycles. The molecule has 0 saturated carbocycles. The second-order valence-electron chi connectivity index (χ2n) is 3.39. The highest BCUT2D eigenvalue weighted by Crippen LogP contribution is 2.01. The Morgan fingerprint density at radius 1 is 1.36 bits per heavy atom. The Kier molecular flexibility index (Phi) is 9.84. The summed E-state index contributed by atoms with van der Waals surface area (Å²) in [6.45, 7) is 12.0. The number of rotatable bonds is 3. The standard InChI is InChI=1S/C10H19NO.C2H6/c1-6-9(4)7-10(12)11(5)8(2)3;1-2/h7-8H,6H2,1-5H3;1-2H3/b9-7-;. The Balaban J connectivity index is 0. The molecule has 14 heavy (non-hydrogen) atoms. The van der Waals surface area contributed by atoms with Gasteiger partial charge in [0.1, 0.15) is 0 Å². The Labute approximate surface area is 89.0 Å². The molecule has 0 bridgehead atoms. The predicted molar refractivity (Wildman–Crippen MR) is 63.3 cm³/mol. The zero-order chi connectivity index (χ0) is 11.7. The molecule has 0 aromatic heterocycles. The predicted octanol–water partition coefficient (Wildman–Crippen LogP) is 3.24. The van der Waals surface area contributed by atoms with Crippen molar-refractivity contribution in [2.75, 3.05) is 7.05 Å². The van der Waals surface area contributed by atoms with Gasteiger partial charge in [0, 0.05) is 19.2 Å². The topological polar surface area (TPSA) is 20.3 Å². The quantitative estimate of drug-likeness (QED) is 0.639. The molecule has 0 N–H and O–H groups in total. The number of carbonyl (C=O) groups is 1. The lowest BCUT2D eigenvalue weighted by Crippen LogP contribution is -2.31. The molecule has 0 aromatic carbocycles. The highest BCUT2D eigenvalue weighted by molar-refractivity contribution is 5.88. The van der Waals surface area contributed by atoms with E-state index in [0.29, 0.717) is 0 Å². The second-order valence-corrected chi connectivity index (χ2v) is 3.39. The number of carbonyl (C=O) groups excluding carboxylic acids is 1.